The average molecular weight is 536 g/mol. The zero-order chi connectivity index (χ0) is 28.7. The van der Waals surface area contributed by atoms with Crippen molar-refractivity contribution in [2.45, 2.75) is 59.0 Å². The molecule has 0 aliphatic heterocycles. The predicted octanol–water partition coefficient (Wildman–Crippen LogP) is 5.19. The molecule has 0 saturated heterocycles. The molecule has 0 spiro atoms. The molecule has 0 heterocycles. The minimum atomic E-state index is -1.07. The Bertz CT molecular complexity index is 1310. The molecule has 0 unspecified atom stereocenters. The third kappa shape index (κ3) is 8.29. The summed E-state index contributed by atoms with van der Waals surface area (Å²) in [5, 5.41) is 5.65. The molecule has 8 heteroatoms. The lowest BCUT2D eigenvalue weighted by atomic mass is 9.98. The summed E-state index contributed by atoms with van der Waals surface area (Å²) in [4.78, 5) is 40.4. The molecular weight excluding hydrogens is 500 g/mol. The van der Waals surface area contributed by atoms with Crippen molar-refractivity contribution in [3.05, 3.63) is 89.5 Å². The fourth-order valence-electron chi connectivity index (χ4n) is 4.16. The number of hydrogen-bond donors (Lipinski definition) is 2. The van der Waals surface area contributed by atoms with Gasteiger partial charge in [-0.05, 0) is 80.6 Å². The van der Waals surface area contributed by atoms with Crippen LogP contribution in [-0.4, -0.2) is 35.8 Å². The van der Waals surface area contributed by atoms with Crippen LogP contribution in [0.4, 0.5) is 14.5 Å². The first-order chi connectivity index (χ1) is 18.4. The Kier molecular flexibility index (Phi) is 9.70. The van der Waals surface area contributed by atoms with E-state index in [-0.39, 0.29) is 24.1 Å². The third-order valence-electron chi connectivity index (χ3n) is 6.11. The van der Waals surface area contributed by atoms with Crippen molar-refractivity contribution in [1.29, 1.82) is 0 Å². The summed E-state index contributed by atoms with van der Waals surface area (Å²) < 4.78 is 27.0. The molecule has 3 rings (SSSR count). The highest BCUT2D eigenvalue weighted by molar-refractivity contribution is 6.17. The van der Waals surface area contributed by atoms with Gasteiger partial charge in [0.2, 0.25) is 11.8 Å². The lowest BCUT2D eigenvalue weighted by molar-refractivity contribution is -0.130. The smallest absolute Gasteiger partial charge is 0.256 e. The van der Waals surface area contributed by atoms with E-state index >= 15 is 0 Å². The van der Waals surface area contributed by atoms with E-state index < -0.39 is 35.4 Å². The molecule has 2 N–H and O–H groups in total. The van der Waals surface area contributed by atoms with Crippen molar-refractivity contribution in [2.75, 3.05) is 11.4 Å². The third-order valence-corrected chi connectivity index (χ3v) is 6.11. The summed E-state index contributed by atoms with van der Waals surface area (Å²) in [5.74, 6) is -3.31. The monoisotopic (exact) mass is 535 g/mol. The highest BCUT2D eigenvalue weighted by atomic mass is 19.1. The number of rotatable bonds is 9. The van der Waals surface area contributed by atoms with Gasteiger partial charge in [-0.1, -0.05) is 43.3 Å². The van der Waals surface area contributed by atoms with E-state index in [0.717, 1.165) is 40.6 Å². The van der Waals surface area contributed by atoms with E-state index in [1.807, 2.05) is 51.1 Å². The van der Waals surface area contributed by atoms with Gasteiger partial charge >= 0.3 is 0 Å². The van der Waals surface area contributed by atoms with Crippen LogP contribution in [0.2, 0.25) is 0 Å². The van der Waals surface area contributed by atoms with Crippen molar-refractivity contribution < 1.29 is 23.2 Å². The van der Waals surface area contributed by atoms with E-state index in [9.17, 15) is 23.2 Å². The number of benzene rings is 3. The maximum atomic E-state index is 13.5. The van der Waals surface area contributed by atoms with Crippen molar-refractivity contribution in [3.63, 3.8) is 0 Å². The van der Waals surface area contributed by atoms with Crippen LogP contribution in [0.3, 0.4) is 0 Å². The number of carbonyl (C=O) groups is 3. The van der Waals surface area contributed by atoms with Crippen molar-refractivity contribution in [3.8, 4) is 11.1 Å². The molecule has 3 aromatic rings. The summed E-state index contributed by atoms with van der Waals surface area (Å²) in [6.07, 6.45) is 0.538. The normalized spacial score (nSPS) is 12.1. The number of imide groups is 1. The maximum Gasteiger partial charge on any atom is 0.256 e. The van der Waals surface area contributed by atoms with Gasteiger partial charge in [0.1, 0.15) is 17.7 Å². The quantitative estimate of drug-likeness (QED) is 0.395. The predicted molar refractivity (Wildman–Crippen MR) is 149 cm³/mol. The molecule has 0 aliphatic carbocycles. The zero-order valence-corrected chi connectivity index (χ0v) is 23.0. The second-order valence-electron chi connectivity index (χ2n) is 10.5. The first kappa shape index (κ1) is 29.6. The van der Waals surface area contributed by atoms with E-state index in [4.69, 9.17) is 0 Å². The molecule has 3 aromatic carbocycles. The molecule has 6 nitrogen and oxygen atoms in total. The molecule has 0 fully saturated rings. The SMILES string of the molecule is CCc1ccccc1-c1ccc(N(C(=O)CNC(C)(C)C)C(=O)[C@H](C)NC(=O)Cc2cc(F)cc(F)c2)cc1. The Morgan fingerprint density at radius 1 is 0.923 bits per heavy atom. The van der Waals surface area contributed by atoms with Crippen LogP contribution in [0.5, 0.6) is 0 Å². The van der Waals surface area contributed by atoms with Crippen LogP contribution in [0, 0.1) is 11.6 Å². The van der Waals surface area contributed by atoms with Crippen LogP contribution >= 0.6 is 0 Å². The molecule has 39 heavy (non-hydrogen) atoms. The molecule has 1 atom stereocenters. The highest BCUT2D eigenvalue weighted by Gasteiger charge is 2.29. The fourth-order valence-corrected chi connectivity index (χ4v) is 4.16. The Balaban J connectivity index is 1.83. The van der Waals surface area contributed by atoms with E-state index in [0.29, 0.717) is 5.69 Å². The number of aryl methyl sites for hydroxylation is 1. The first-order valence-electron chi connectivity index (χ1n) is 12.9. The number of amides is 3. The van der Waals surface area contributed by atoms with Gasteiger partial charge in [-0.3, -0.25) is 14.4 Å². The lowest BCUT2D eigenvalue weighted by Crippen LogP contribution is -2.53. The van der Waals surface area contributed by atoms with Gasteiger partial charge in [0, 0.05) is 11.6 Å². The van der Waals surface area contributed by atoms with E-state index in [2.05, 4.69) is 23.6 Å². The van der Waals surface area contributed by atoms with E-state index in [1.165, 1.54) is 12.5 Å². The number of nitrogens with one attached hydrogen (secondary N) is 2. The molecule has 0 saturated carbocycles. The average Bonchev–Trinajstić information content (AvgIpc) is 2.86. The van der Waals surface area contributed by atoms with Gasteiger partial charge in [0.15, 0.2) is 0 Å². The van der Waals surface area contributed by atoms with Crippen LogP contribution in [0.15, 0.2) is 66.7 Å². The first-order valence-corrected chi connectivity index (χ1v) is 12.9. The Morgan fingerprint density at radius 3 is 2.13 bits per heavy atom. The number of carbonyl (C=O) groups excluding carboxylic acids is 3. The fraction of sp³-hybridized carbons (Fsp3) is 0.323. The summed E-state index contributed by atoms with van der Waals surface area (Å²) in [6.45, 7) is 9.17. The topological polar surface area (TPSA) is 78.5 Å². The molecule has 0 aromatic heterocycles. The van der Waals surface area contributed by atoms with E-state index in [1.54, 1.807) is 12.1 Å². The second-order valence-corrected chi connectivity index (χ2v) is 10.5. The number of anilines is 1. The van der Waals surface area contributed by atoms with Gasteiger partial charge in [-0.2, -0.15) is 0 Å². The molecule has 0 bridgehead atoms. The summed E-state index contributed by atoms with van der Waals surface area (Å²) in [5.41, 5.74) is 3.34. The maximum absolute atomic E-state index is 13.5. The number of hydrogen-bond acceptors (Lipinski definition) is 4. The highest BCUT2D eigenvalue weighted by Crippen LogP contribution is 2.27. The van der Waals surface area contributed by atoms with Crippen LogP contribution in [0.25, 0.3) is 11.1 Å². The van der Waals surface area contributed by atoms with Gasteiger partial charge in [0.25, 0.3) is 5.91 Å². The molecule has 206 valence electrons. The lowest BCUT2D eigenvalue weighted by Gasteiger charge is -2.27. The molecule has 3 amide bonds. The Morgan fingerprint density at radius 2 is 1.54 bits per heavy atom. The Labute approximate surface area is 228 Å². The molecular formula is C31H35F2N3O3. The Hall–Kier alpha value is -3.91. The standard InChI is InChI=1S/C31H35F2N3O3/c1-6-22-9-7-8-10-27(22)23-11-13-26(14-12-23)36(29(38)19-34-31(3,4)5)30(39)20(2)35-28(37)17-21-15-24(32)18-25(33)16-21/h7-16,18,20,34H,6,17,19H2,1-5H3,(H,35,37)/t20-/m0/s1. The number of halogens is 2. The summed E-state index contributed by atoms with van der Waals surface area (Å²) in [6, 6.07) is 16.9. The van der Waals surface area contributed by atoms with Crippen molar-refractivity contribution >= 4 is 23.4 Å². The summed E-state index contributed by atoms with van der Waals surface area (Å²) in [7, 11) is 0. The number of nitrogens with zero attached hydrogens (tertiary/aromatic N) is 1. The van der Waals surface area contributed by atoms with Crippen LogP contribution < -0.4 is 15.5 Å². The van der Waals surface area contributed by atoms with Crippen molar-refractivity contribution in [1.82, 2.24) is 10.6 Å². The minimum absolute atomic E-state index is 0.0983. The molecule has 0 aliphatic rings. The zero-order valence-electron chi connectivity index (χ0n) is 23.0. The van der Waals surface area contributed by atoms with Gasteiger partial charge in [-0.15, -0.1) is 0 Å². The van der Waals surface area contributed by atoms with Gasteiger partial charge in [0.05, 0.1) is 18.7 Å². The second kappa shape index (κ2) is 12.8. The summed E-state index contributed by atoms with van der Waals surface area (Å²) >= 11 is 0. The van der Waals surface area contributed by atoms with Gasteiger partial charge < -0.3 is 10.6 Å². The van der Waals surface area contributed by atoms with Crippen LogP contribution in [-0.2, 0) is 27.2 Å². The van der Waals surface area contributed by atoms with Crippen LogP contribution in [0.1, 0.15) is 45.7 Å². The molecule has 0 radical (unpaired) electrons. The van der Waals surface area contributed by atoms with Crippen molar-refractivity contribution in [2.24, 2.45) is 0 Å². The largest absolute Gasteiger partial charge is 0.344 e. The van der Waals surface area contributed by atoms with Gasteiger partial charge in [-0.25, -0.2) is 13.7 Å². The minimum Gasteiger partial charge on any atom is -0.344 e.